The molecule has 1 atom stereocenters. The number of nitrogens with one attached hydrogen (secondary N) is 2. The number of amides is 2. The molecule has 4 N–H and O–H groups in total. The Morgan fingerprint density at radius 2 is 1.70 bits per heavy atom. The van der Waals surface area contributed by atoms with Gasteiger partial charge in [-0.2, -0.15) is 13.2 Å². The van der Waals surface area contributed by atoms with Gasteiger partial charge in [-0.25, -0.2) is 0 Å². The van der Waals surface area contributed by atoms with Crippen molar-refractivity contribution in [2.75, 3.05) is 5.32 Å². The van der Waals surface area contributed by atoms with E-state index >= 15 is 0 Å². The van der Waals surface area contributed by atoms with E-state index in [9.17, 15) is 22.8 Å². The van der Waals surface area contributed by atoms with E-state index in [1.54, 1.807) is 31.2 Å². The SMILES string of the molecule is CC(CC(=O)Nc1ccccc1C(F)(F)F)NCc1ccc(C(N)=O)cc1. The van der Waals surface area contributed by atoms with E-state index in [1.165, 1.54) is 18.2 Å². The Kier molecular flexibility index (Phi) is 6.57. The summed E-state index contributed by atoms with van der Waals surface area (Å²) in [5.74, 6) is -1.03. The monoisotopic (exact) mass is 379 g/mol. The molecule has 0 spiro atoms. The van der Waals surface area contributed by atoms with Gasteiger partial charge < -0.3 is 16.4 Å². The zero-order valence-electron chi connectivity index (χ0n) is 14.6. The fraction of sp³-hybridized carbons (Fsp3) is 0.263. The summed E-state index contributed by atoms with van der Waals surface area (Å²) in [6.45, 7) is 2.19. The number of primary amides is 1. The van der Waals surface area contributed by atoms with Gasteiger partial charge in [0.25, 0.3) is 0 Å². The summed E-state index contributed by atoms with van der Waals surface area (Å²) >= 11 is 0. The number of anilines is 1. The quantitative estimate of drug-likeness (QED) is 0.690. The lowest BCUT2D eigenvalue weighted by Crippen LogP contribution is -2.30. The Balaban J connectivity index is 1.88. The first-order valence-corrected chi connectivity index (χ1v) is 8.25. The van der Waals surface area contributed by atoms with Crippen LogP contribution in [0.3, 0.4) is 0 Å². The van der Waals surface area contributed by atoms with Gasteiger partial charge in [0, 0.05) is 24.6 Å². The molecule has 0 aliphatic carbocycles. The summed E-state index contributed by atoms with van der Waals surface area (Å²) in [7, 11) is 0. The Morgan fingerprint density at radius 3 is 2.30 bits per heavy atom. The third-order valence-corrected chi connectivity index (χ3v) is 3.89. The zero-order chi connectivity index (χ0) is 20.0. The van der Waals surface area contributed by atoms with Crippen molar-refractivity contribution in [1.29, 1.82) is 0 Å². The van der Waals surface area contributed by atoms with Gasteiger partial charge in [-0.05, 0) is 36.8 Å². The molecule has 2 aromatic carbocycles. The van der Waals surface area contributed by atoms with Gasteiger partial charge >= 0.3 is 6.18 Å². The van der Waals surface area contributed by atoms with Gasteiger partial charge in [0.05, 0.1) is 11.3 Å². The molecule has 0 radical (unpaired) electrons. The third-order valence-electron chi connectivity index (χ3n) is 3.89. The smallest absolute Gasteiger partial charge is 0.366 e. The summed E-state index contributed by atoms with van der Waals surface area (Å²) in [6.07, 6.45) is -4.53. The van der Waals surface area contributed by atoms with Crippen LogP contribution in [0.15, 0.2) is 48.5 Å². The van der Waals surface area contributed by atoms with Gasteiger partial charge in [0.2, 0.25) is 11.8 Å². The van der Waals surface area contributed by atoms with Gasteiger partial charge in [-0.15, -0.1) is 0 Å². The van der Waals surface area contributed by atoms with Crippen molar-refractivity contribution in [3.63, 3.8) is 0 Å². The molecule has 0 saturated carbocycles. The van der Waals surface area contributed by atoms with Crippen LogP contribution in [-0.2, 0) is 17.5 Å². The highest BCUT2D eigenvalue weighted by atomic mass is 19.4. The number of hydrogen-bond donors (Lipinski definition) is 3. The number of halogens is 3. The average Bonchev–Trinajstić information content (AvgIpc) is 2.59. The van der Waals surface area contributed by atoms with Crippen LogP contribution < -0.4 is 16.4 Å². The molecule has 0 bridgehead atoms. The molecule has 144 valence electrons. The molecule has 2 aromatic rings. The highest BCUT2D eigenvalue weighted by molar-refractivity contribution is 5.93. The van der Waals surface area contributed by atoms with Crippen molar-refractivity contribution in [1.82, 2.24) is 5.32 Å². The second-order valence-corrected chi connectivity index (χ2v) is 6.14. The van der Waals surface area contributed by atoms with E-state index in [2.05, 4.69) is 10.6 Å². The van der Waals surface area contributed by atoms with E-state index in [0.29, 0.717) is 12.1 Å². The molecular weight excluding hydrogens is 359 g/mol. The molecular formula is C19H20F3N3O2. The first kappa shape index (κ1) is 20.4. The number of alkyl halides is 3. The lowest BCUT2D eigenvalue weighted by molar-refractivity contribution is -0.137. The molecule has 0 aliphatic rings. The van der Waals surface area contributed by atoms with Crippen molar-refractivity contribution in [2.24, 2.45) is 5.73 Å². The van der Waals surface area contributed by atoms with Crippen LogP contribution in [0.4, 0.5) is 18.9 Å². The lowest BCUT2D eigenvalue weighted by Gasteiger charge is -2.16. The fourth-order valence-corrected chi connectivity index (χ4v) is 2.47. The number of benzene rings is 2. The number of hydrogen-bond acceptors (Lipinski definition) is 3. The minimum Gasteiger partial charge on any atom is -0.366 e. The van der Waals surface area contributed by atoms with Crippen molar-refractivity contribution in [3.8, 4) is 0 Å². The molecule has 0 aliphatic heterocycles. The zero-order valence-corrected chi connectivity index (χ0v) is 14.6. The summed E-state index contributed by atoms with van der Waals surface area (Å²) in [5.41, 5.74) is 5.31. The van der Waals surface area contributed by atoms with E-state index < -0.39 is 23.6 Å². The van der Waals surface area contributed by atoms with Crippen molar-refractivity contribution < 1.29 is 22.8 Å². The summed E-state index contributed by atoms with van der Waals surface area (Å²) < 4.78 is 38.9. The Hall–Kier alpha value is -2.87. The minimum absolute atomic E-state index is 0.00552. The molecule has 0 fully saturated rings. The number of carbonyl (C=O) groups is 2. The maximum atomic E-state index is 13.0. The fourth-order valence-electron chi connectivity index (χ4n) is 2.47. The normalized spacial score (nSPS) is 12.4. The van der Waals surface area contributed by atoms with Gasteiger partial charge in [0.1, 0.15) is 0 Å². The van der Waals surface area contributed by atoms with E-state index in [1.807, 2.05) is 0 Å². The third kappa shape index (κ3) is 6.10. The highest BCUT2D eigenvalue weighted by Crippen LogP contribution is 2.34. The first-order chi connectivity index (χ1) is 12.7. The molecule has 0 saturated heterocycles. The van der Waals surface area contributed by atoms with Gasteiger partial charge in [-0.3, -0.25) is 9.59 Å². The van der Waals surface area contributed by atoms with Crippen LogP contribution in [0, 0.1) is 0 Å². The van der Waals surface area contributed by atoms with Crippen LogP contribution in [0.25, 0.3) is 0 Å². The molecule has 2 amide bonds. The standard InChI is InChI=1S/C19H20F3N3O2/c1-12(24-11-13-6-8-14(9-7-13)18(23)27)10-17(26)25-16-5-3-2-4-15(16)19(20,21)22/h2-9,12,24H,10-11H2,1H3,(H2,23,27)(H,25,26). The number of nitrogens with two attached hydrogens (primary N) is 1. The van der Waals surface area contributed by atoms with Crippen molar-refractivity contribution in [2.45, 2.75) is 32.1 Å². The van der Waals surface area contributed by atoms with E-state index in [-0.39, 0.29) is 18.2 Å². The van der Waals surface area contributed by atoms with Crippen LogP contribution in [-0.4, -0.2) is 17.9 Å². The van der Waals surface area contributed by atoms with E-state index in [4.69, 9.17) is 5.73 Å². The maximum Gasteiger partial charge on any atom is 0.418 e. The highest BCUT2D eigenvalue weighted by Gasteiger charge is 2.33. The van der Waals surface area contributed by atoms with Crippen LogP contribution in [0.2, 0.25) is 0 Å². The molecule has 2 rings (SSSR count). The molecule has 27 heavy (non-hydrogen) atoms. The lowest BCUT2D eigenvalue weighted by atomic mass is 10.1. The number of para-hydroxylation sites is 1. The van der Waals surface area contributed by atoms with Crippen LogP contribution in [0.1, 0.15) is 34.8 Å². The Labute approximate surface area is 154 Å². The molecule has 5 nitrogen and oxygen atoms in total. The van der Waals surface area contributed by atoms with E-state index in [0.717, 1.165) is 11.6 Å². The number of rotatable bonds is 7. The molecule has 1 unspecified atom stereocenters. The van der Waals surface area contributed by atoms with Gasteiger partial charge in [-0.1, -0.05) is 24.3 Å². The first-order valence-electron chi connectivity index (χ1n) is 8.25. The largest absolute Gasteiger partial charge is 0.418 e. The topological polar surface area (TPSA) is 84.2 Å². The molecule has 8 heteroatoms. The predicted molar refractivity (Wildman–Crippen MR) is 96.0 cm³/mol. The second kappa shape index (κ2) is 8.68. The predicted octanol–water partition coefficient (Wildman–Crippen LogP) is 3.31. The Bertz CT molecular complexity index is 805. The number of carbonyl (C=O) groups excluding carboxylic acids is 2. The summed E-state index contributed by atoms with van der Waals surface area (Å²) in [6, 6.07) is 11.3. The summed E-state index contributed by atoms with van der Waals surface area (Å²) in [4.78, 5) is 23.1. The summed E-state index contributed by atoms with van der Waals surface area (Å²) in [5, 5.41) is 5.43. The average molecular weight is 379 g/mol. The minimum atomic E-state index is -4.54. The Morgan fingerprint density at radius 1 is 1.07 bits per heavy atom. The molecule has 0 heterocycles. The van der Waals surface area contributed by atoms with Crippen molar-refractivity contribution >= 4 is 17.5 Å². The van der Waals surface area contributed by atoms with Crippen LogP contribution >= 0.6 is 0 Å². The van der Waals surface area contributed by atoms with Crippen molar-refractivity contribution in [3.05, 3.63) is 65.2 Å². The van der Waals surface area contributed by atoms with Gasteiger partial charge in [0.15, 0.2) is 0 Å². The molecule has 0 aromatic heterocycles. The second-order valence-electron chi connectivity index (χ2n) is 6.14. The maximum absolute atomic E-state index is 13.0. The van der Waals surface area contributed by atoms with Crippen LogP contribution in [0.5, 0.6) is 0 Å².